The van der Waals surface area contributed by atoms with Crippen LogP contribution in [0.2, 0.25) is 10.0 Å². The number of hydrogen-bond donors (Lipinski definition) is 2. The Kier molecular flexibility index (Phi) is 6.77. The van der Waals surface area contributed by atoms with Gasteiger partial charge < -0.3 is 20.4 Å². The van der Waals surface area contributed by atoms with Crippen LogP contribution in [-0.4, -0.2) is 33.2 Å². The Morgan fingerprint density at radius 1 is 1.03 bits per heavy atom. The summed E-state index contributed by atoms with van der Waals surface area (Å²) >= 11 is 12.0. The maximum Gasteiger partial charge on any atom is 0.319 e. The first kappa shape index (κ1) is 22.3. The van der Waals surface area contributed by atoms with Crippen LogP contribution in [0.4, 0.5) is 21.9 Å². The second kappa shape index (κ2) is 9.72. The number of anilines is 3. The van der Waals surface area contributed by atoms with Gasteiger partial charge in [-0.05, 0) is 53.9 Å². The van der Waals surface area contributed by atoms with E-state index < -0.39 is 0 Å². The van der Waals surface area contributed by atoms with Crippen LogP contribution in [0.15, 0.2) is 66.7 Å². The number of benzene rings is 3. The zero-order chi connectivity index (χ0) is 22.7. The highest BCUT2D eigenvalue weighted by atomic mass is 35.5. The van der Waals surface area contributed by atoms with Crippen molar-refractivity contribution in [1.82, 2.24) is 5.32 Å². The molecule has 0 fully saturated rings. The average molecular weight is 469 g/mol. The van der Waals surface area contributed by atoms with E-state index in [-0.39, 0.29) is 12.1 Å². The maximum absolute atomic E-state index is 12.6. The number of urea groups is 1. The molecule has 5 nitrogen and oxygen atoms in total. The molecule has 3 aromatic rings. The summed E-state index contributed by atoms with van der Waals surface area (Å²) in [6, 6.07) is 21.7. The summed E-state index contributed by atoms with van der Waals surface area (Å²) < 4.78 is 0. The van der Waals surface area contributed by atoms with E-state index in [9.17, 15) is 4.79 Å². The lowest BCUT2D eigenvalue weighted by Crippen LogP contribution is -2.39. The Hall–Kier alpha value is -2.89. The first-order valence-electron chi connectivity index (χ1n) is 10.5. The van der Waals surface area contributed by atoms with Crippen LogP contribution in [0, 0.1) is 0 Å². The van der Waals surface area contributed by atoms with E-state index in [1.165, 1.54) is 11.3 Å². The summed E-state index contributed by atoms with van der Waals surface area (Å²) in [7, 11) is 4.05. The Morgan fingerprint density at radius 3 is 2.50 bits per heavy atom. The van der Waals surface area contributed by atoms with Crippen molar-refractivity contribution in [3.8, 4) is 0 Å². The summed E-state index contributed by atoms with van der Waals surface area (Å²) in [6.07, 6.45) is 0.998. The van der Waals surface area contributed by atoms with Gasteiger partial charge in [-0.3, -0.25) is 0 Å². The number of rotatable bonds is 6. The Balaban J connectivity index is 1.53. The molecule has 4 rings (SSSR count). The highest BCUT2D eigenvalue weighted by Gasteiger charge is 2.27. The fourth-order valence-corrected chi connectivity index (χ4v) is 4.33. The van der Waals surface area contributed by atoms with Crippen LogP contribution >= 0.6 is 23.2 Å². The summed E-state index contributed by atoms with van der Waals surface area (Å²) in [5.41, 5.74) is 5.45. The second-order valence-electron chi connectivity index (χ2n) is 8.04. The number of amides is 2. The molecule has 1 atom stereocenters. The quantitative estimate of drug-likeness (QED) is 0.467. The van der Waals surface area contributed by atoms with Gasteiger partial charge in [-0.15, -0.1) is 0 Å². The minimum absolute atomic E-state index is 0.00872. The normalized spacial score (nSPS) is 13.4. The van der Waals surface area contributed by atoms with Crippen LogP contribution in [0.3, 0.4) is 0 Å². The fraction of sp³-hybridized carbons (Fsp3) is 0.240. The summed E-state index contributed by atoms with van der Waals surface area (Å²) in [6.45, 7) is 1.37. The van der Waals surface area contributed by atoms with Crippen molar-refractivity contribution in [2.24, 2.45) is 0 Å². The average Bonchev–Trinajstić information content (AvgIpc) is 3.21. The molecule has 1 aliphatic heterocycles. The Bertz CT molecular complexity index is 1100. The lowest BCUT2D eigenvalue weighted by molar-refractivity contribution is 0.251. The predicted octanol–water partition coefficient (Wildman–Crippen LogP) is 5.98. The number of nitrogens with one attached hydrogen (secondary N) is 2. The highest BCUT2D eigenvalue weighted by molar-refractivity contribution is 6.42. The molecule has 2 N–H and O–H groups in total. The van der Waals surface area contributed by atoms with E-state index in [1.54, 1.807) is 18.2 Å². The van der Waals surface area contributed by atoms with Crippen molar-refractivity contribution in [3.05, 3.63) is 87.9 Å². The summed E-state index contributed by atoms with van der Waals surface area (Å²) in [4.78, 5) is 17.1. The van der Waals surface area contributed by atoms with E-state index in [0.717, 1.165) is 24.2 Å². The van der Waals surface area contributed by atoms with Crippen molar-refractivity contribution >= 4 is 46.3 Å². The molecule has 0 aliphatic carbocycles. The molecular formula is C25H26Cl2N4O. The first-order valence-corrected chi connectivity index (χ1v) is 11.3. The zero-order valence-electron chi connectivity index (χ0n) is 18.1. The molecule has 7 heteroatoms. The maximum atomic E-state index is 12.6. The zero-order valence-corrected chi connectivity index (χ0v) is 19.6. The number of hydrogen-bond acceptors (Lipinski definition) is 3. The molecule has 2 amide bonds. The molecule has 0 spiro atoms. The van der Waals surface area contributed by atoms with Crippen molar-refractivity contribution in [3.63, 3.8) is 0 Å². The van der Waals surface area contributed by atoms with Crippen molar-refractivity contribution in [2.75, 3.05) is 42.3 Å². The van der Waals surface area contributed by atoms with Crippen LogP contribution in [0.1, 0.15) is 17.2 Å². The van der Waals surface area contributed by atoms with E-state index in [2.05, 4.69) is 69.0 Å². The third kappa shape index (κ3) is 4.95. The number of fused-ring (bicyclic) bond motifs is 1. The summed E-state index contributed by atoms with van der Waals surface area (Å²) in [5.74, 6) is 0. The molecular weight excluding hydrogens is 443 g/mol. The smallest absolute Gasteiger partial charge is 0.319 e. The molecule has 1 heterocycles. The molecule has 0 saturated heterocycles. The molecule has 0 bridgehead atoms. The van der Waals surface area contributed by atoms with E-state index in [1.807, 2.05) is 14.1 Å². The highest BCUT2D eigenvalue weighted by Crippen LogP contribution is 2.35. The molecule has 32 heavy (non-hydrogen) atoms. The Morgan fingerprint density at radius 2 is 1.78 bits per heavy atom. The standard InChI is InChI=1S/C25H26Cl2N4O/c1-30(2)20-10-7-18(8-11-20)24(31-14-13-17-5-3-4-6-23(17)31)16-28-25(32)29-19-9-12-21(26)22(27)15-19/h3-12,15,24H,13-14,16H2,1-2H3,(H2,28,29,32)/t24-/m1/s1. The van der Waals surface area contributed by atoms with Crippen molar-refractivity contribution < 1.29 is 4.79 Å². The van der Waals surface area contributed by atoms with Crippen LogP contribution in [0.25, 0.3) is 0 Å². The van der Waals surface area contributed by atoms with E-state index in [4.69, 9.17) is 23.2 Å². The Labute approximate surface area is 198 Å². The molecule has 0 radical (unpaired) electrons. The number of para-hydroxylation sites is 1. The van der Waals surface area contributed by atoms with Crippen LogP contribution in [-0.2, 0) is 6.42 Å². The monoisotopic (exact) mass is 468 g/mol. The first-order chi connectivity index (χ1) is 15.4. The van der Waals surface area contributed by atoms with Gasteiger partial charge in [0.2, 0.25) is 0 Å². The van der Waals surface area contributed by atoms with Crippen LogP contribution in [0.5, 0.6) is 0 Å². The summed E-state index contributed by atoms with van der Waals surface area (Å²) in [5, 5.41) is 6.71. The van der Waals surface area contributed by atoms with Gasteiger partial charge in [-0.2, -0.15) is 0 Å². The number of carbonyl (C=O) groups is 1. The molecule has 166 valence electrons. The van der Waals surface area contributed by atoms with Crippen LogP contribution < -0.4 is 20.4 Å². The third-order valence-corrected chi connectivity index (χ3v) is 6.47. The van der Waals surface area contributed by atoms with Gasteiger partial charge in [0.15, 0.2) is 0 Å². The third-order valence-electron chi connectivity index (χ3n) is 5.73. The lowest BCUT2D eigenvalue weighted by atomic mass is 10.0. The SMILES string of the molecule is CN(C)c1ccc([C@@H](CNC(=O)Nc2ccc(Cl)c(Cl)c2)N2CCc3ccccc32)cc1. The fourth-order valence-electron chi connectivity index (χ4n) is 4.03. The van der Waals surface area contributed by atoms with E-state index >= 15 is 0 Å². The van der Waals surface area contributed by atoms with Gasteiger partial charge in [0.25, 0.3) is 0 Å². The van der Waals surface area contributed by atoms with Gasteiger partial charge in [-0.1, -0.05) is 53.5 Å². The largest absolute Gasteiger partial charge is 0.378 e. The van der Waals surface area contributed by atoms with Gasteiger partial charge in [-0.25, -0.2) is 4.79 Å². The molecule has 1 aliphatic rings. The van der Waals surface area contributed by atoms with Gasteiger partial charge in [0, 0.05) is 44.2 Å². The van der Waals surface area contributed by atoms with Crippen molar-refractivity contribution in [2.45, 2.75) is 12.5 Å². The molecule has 3 aromatic carbocycles. The van der Waals surface area contributed by atoms with Gasteiger partial charge >= 0.3 is 6.03 Å². The molecule has 0 aromatic heterocycles. The second-order valence-corrected chi connectivity index (χ2v) is 8.85. The number of halogens is 2. The molecule has 0 saturated carbocycles. The van der Waals surface area contributed by atoms with Gasteiger partial charge in [0.1, 0.15) is 0 Å². The van der Waals surface area contributed by atoms with Crippen molar-refractivity contribution in [1.29, 1.82) is 0 Å². The minimum Gasteiger partial charge on any atom is -0.378 e. The topological polar surface area (TPSA) is 47.6 Å². The lowest BCUT2D eigenvalue weighted by Gasteiger charge is -2.31. The number of carbonyl (C=O) groups excluding carboxylic acids is 1. The van der Waals surface area contributed by atoms with E-state index in [0.29, 0.717) is 22.3 Å². The number of nitrogens with zero attached hydrogens (tertiary/aromatic N) is 2. The predicted molar refractivity (Wildman–Crippen MR) is 134 cm³/mol. The minimum atomic E-state index is -0.286. The molecule has 0 unspecified atom stereocenters. The van der Waals surface area contributed by atoms with Gasteiger partial charge in [0.05, 0.1) is 16.1 Å².